The monoisotopic (exact) mass is 284 g/mol. The Kier molecular flexibility index (Phi) is 6.19. The Morgan fingerprint density at radius 3 is 2.25 bits per heavy atom. The van der Waals surface area contributed by atoms with Crippen LogP contribution in [0.5, 0.6) is 5.75 Å². The lowest BCUT2D eigenvalue weighted by atomic mass is 10.2. The van der Waals surface area contributed by atoms with Gasteiger partial charge in [0, 0.05) is 37.4 Å². The maximum absolute atomic E-state index is 11.8. The average Bonchev–Trinajstić information content (AvgIpc) is 2.35. The molecule has 1 aromatic heterocycles. The Labute approximate surface area is 118 Å². The predicted molar refractivity (Wildman–Crippen MR) is 76.9 cm³/mol. The Morgan fingerprint density at radius 2 is 1.80 bits per heavy atom. The lowest BCUT2D eigenvalue weighted by Crippen LogP contribution is -2.32. The van der Waals surface area contributed by atoms with Gasteiger partial charge in [-0.3, -0.25) is 9.69 Å². The topological polar surface area (TPSA) is 85.9 Å². The lowest BCUT2D eigenvalue weighted by molar-refractivity contribution is 0.151. The van der Waals surface area contributed by atoms with E-state index in [1.807, 2.05) is 25.3 Å². The van der Waals surface area contributed by atoms with E-state index in [9.17, 15) is 9.90 Å². The summed E-state index contributed by atoms with van der Waals surface area (Å²) in [5.41, 5.74) is 0.903. The number of aliphatic hydroxyl groups is 2. The van der Waals surface area contributed by atoms with Crippen molar-refractivity contribution in [2.75, 3.05) is 26.3 Å². The van der Waals surface area contributed by atoms with Crippen LogP contribution in [0.3, 0.4) is 0 Å². The van der Waals surface area contributed by atoms with E-state index in [4.69, 9.17) is 10.2 Å². The van der Waals surface area contributed by atoms with Gasteiger partial charge in [-0.15, -0.1) is 0 Å². The molecule has 0 aliphatic carbocycles. The molecule has 6 nitrogen and oxygen atoms in total. The fraction of sp³-hybridized carbons (Fsp3) is 0.643. The molecule has 0 spiro atoms. The zero-order valence-corrected chi connectivity index (χ0v) is 12.3. The summed E-state index contributed by atoms with van der Waals surface area (Å²) in [6.45, 7) is 6.75. The van der Waals surface area contributed by atoms with Crippen LogP contribution in [0.1, 0.15) is 31.3 Å². The highest BCUT2D eigenvalue weighted by atomic mass is 16.3. The molecule has 0 fully saturated rings. The summed E-state index contributed by atoms with van der Waals surface area (Å²) in [5.74, 6) is -0.259. The number of aryl methyl sites for hydroxylation is 1. The molecule has 0 aromatic carbocycles. The summed E-state index contributed by atoms with van der Waals surface area (Å²) in [7, 11) is 0. The van der Waals surface area contributed by atoms with Crippen LogP contribution < -0.4 is 5.43 Å². The van der Waals surface area contributed by atoms with Crippen molar-refractivity contribution in [2.24, 2.45) is 0 Å². The third kappa shape index (κ3) is 3.82. The van der Waals surface area contributed by atoms with Crippen molar-refractivity contribution in [3.05, 3.63) is 27.7 Å². The Morgan fingerprint density at radius 1 is 1.25 bits per heavy atom. The summed E-state index contributed by atoms with van der Waals surface area (Å²) in [6, 6.07) is 1.52. The van der Waals surface area contributed by atoms with Gasteiger partial charge in [0.15, 0.2) is 5.75 Å². The minimum absolute atomic E-state index is 0.0432. The highest BCUT2D eigenvalue weighted by Crippen LogP contribution is 2.21. The van der Waals surface area contributed by atoms with Gasteiger partial charge in [-0.2, -0.15) is 0 Å². The third-order valence-electron chi connectivity index (χ3n) is 3.24. The molecule has 0 saturated heterocycles. The smallest absolute Gasteiger partial charge is 0.223 e. The SMILES string of the molecule is Cc1cc(=O)c(O)c(CN(CCO)CCO)n1C(C)C. The first-order valence-corrected chi connectivity index (χ1v) is 6.80. The zero-order chi connectivity index (χ0) is 15.3. The fourth-order valence-electron chi connectivity index (χ4n) is 2.43. The van der Waals surface area contributed by atoms with Crippen molar-refractivity contribution < 1.29 is 15.3 Å². The Bertz CT molecular complexity index is 491. The van der Waals surface area contributed by atoms with E-state index < -0.39 is 5.43 Å². The van der Waals surface area contributed by atoms with Crippen LogP contribution in [0.4, 0.5) is 0 Å². The molecule has 1 aromatic rings. The van der Waals surface area contributed by atoms with Crippen LogP contribution in [0.15, 0.2) is 10.9 Å². The molecule has 3 N–H and O–H groups in total. The number of rotatable bonds is 7. The second kappa shape index (κ2) is 7.42. The molecule has 0 saturated carbocycles. The lowest BCUT2D eigenvalue weighted by Gasteiger charge is -2.26. The van der Waals surface area contributed by atoms with E-state index >= 15 is 0 Å². The molecule has 0 bridgehead atoms. The summed E-state index contributed by atoms with van der Waals surface area (Å²) in [4.78, 5) is 13.6. The minimum atomic E-state index is -0.401. The maximum Gasteiger partial charge on any atom is 0.223 e. The molecule has 0 amide bonds. The number of hydrogen-bond acceptors (Lipinski definition) is 5. The van der Waals surface area contributed by atoms with Gasteiger partial charge in [-0.25, -0.2) is 0 Å². The first-order valence-electron chi connectivity index (χ1n) is 6.80. The summed E-state index contributed by atoms with van der Waals surface area (Å²) in [6.07, 6.45) is 0. The third-order valence-corrected chi connectivity index (χ3v) is 3.24. The van der Waals surface area contributed by atoms with E-state index in [-0.39, 0.29) is 25.0 Å². The van der Waals surface area contributed by atoms with Gasteiger partial charge in [-0.05, 0) is 20.8 Å². The first-order chi connectivity index (χ1) is 9.42. The van der Waals surface area contributed by atoms with Crippen LogP contribution in [0.2, 0.25) is 0 Å². The van der Waals surface area contributed by atoms with Crippen molar-refractivity contribution in [2.45, 2.75) is 33.4 Å². The van der Waals surface area contributed by atoms with Crippen molar-refractivity contribution in [1.29, 1.82) is 0 Å². The average molecular weight is 284 g/mol. The van der Waals surface area contributed by atoms with Crippen LogP contribution in [0, 0.1) is 6.92 Å². The molecule has 0 atom stereocenters. The van der Waals surface area contributed by atoms with Gasteiger partial charge >= 0.3 is 0 Å². The number of pyridine rings is 1. The molecule has 0 aliphatic rings. The molecular weight excluding hydrogens is 260 g/mol. The summed E-state index contributed by atoms with van der Waals surface area (Å²) >= 11 is 0. The normalized spacial score (nSPS) is 11.6. The first kappa shape index (κ1) is 16.7. The summed E-state index contributed by atoms with van der Waals surface area (Å²) < 4.78 is 1.90. The van der Waals surface area contributed by atoms with E-state index in [1.54, 1.807) is 4.90 Å². The van der Waals surface area contributed by atoms with Crippen molar-refractivity contribution in [1.82, 2.24) is 9.47 Å². The standard InChI is InChI=1S/C14H24N2O4/c1-10(2)16-11(3)8-13(19)14(20)12(16)9-15(4-6-17)5-7-18/h8,10,17-18,20H,4-7,9H2,1-3H3. The molecule has 114 valence electrons. The van der Waals surface area contributed by atoms with Gasteiger partial charge in [0.1, 0.15) is 0 Å². The van der Waals surface area contributed by atoms with Gasteiger partial charge < -0.3 is 19.9 Å². The highest BCUT2D eigenvalue weighted by Gasteiger charge is 2.17. The molecule has 1 heterocycles. The van der Waals surface area contributed by atoms with Crippen LogP contribution in [0.25, 0.3) is 0 Å². The van der Waals surface area contributed by atoms with E-state index in [2.05, 4.69) is 0 Å². The second-order valence-corrected chi connectivity index (χ2v) is 5.13. The molecule has 0 aliphatic heterocycles. The summed E-state index contributed by atoms with van der Waals surface area (Å²) in [5, 5.41) is 28.1. The Balaban J connectivity index is 3.23. The van der Waals surface area contributed by atoms with E-state index in [0.717, 1.165) is 5.69 Å². The van der Waals surface area contributed by atoms with Gasteiger partial charge in [0.25, 0.3) is 0 Å². The molecule has 1 rings (SSSR count). The Hall–Kier alpha value is -1.37. The van der Waals surface area contributed by atoms with Gasteiger partial charge in [0.05, 0.1) is 18.9 Å². The molecule has 6 heteroatoms. The minimum Gasteiger partial charge on any atom is -0.503 e. The maximum atomic E-state index is 11.8. The predicted octanol–water partition coefficient (Wildman–Crippen LogP) is 0.230. The fourth-order valence-corrected chi connectivity index (χ4v) is 2.43. The van der Waals surface area contributed by atoms with Crippen molar-refractivity contribution in [3.8, 4) is 5.75 Å². The number of aromatic hydroxyl groups is 1. The van der Waals surface area contributed by atoms with Gasteiger partial charge in [-0.1, -0.05) is 0 Å². The van der Waals surface area contributed by atoms with E-state index in [1.165, 1.54) is 6.07 Å². The largest absolute Gasteiger partial charge is 0.503 e. The van der Waals surface area contributed by atoms with Gasteiger partial charge in [0.2, 0.25) is 5.43 Å². The number of aliphatic hydroxyl groups excluding tert-OH is 2. The molecule has 0 unspecified atom stereocenters. The van der Waals surface area contributed by atoms with Crippen LogP contribution >= 0.6 is 0 Å². The van der Waals surface area contributed by atoms with Crippen molar-refractivity contribution in [3.63, 3.8) is 0 Å². The highest BCUT2D eigenvalue weighted by molar-refractivity contribution is 5.30. The van der Waals surface area contributed by atoms with Crippen LogP contribution in [-0.2, 0) is 6.54 Å². The number of nitrogens with zero attached hydrogens (tertiary/aromatic N) is 2. The van der Waals surface area contributed by atoms with Crippen LogP contribution in [-0.4, -0.2) is 51.1 Å². The molecule has 0 radical (unpaired) electrons. The zero-order valence-electron chi connectivity index (χ0n) is 12.3. The number of hydrogen-bond donors (Lipinski definition) is 3. The molecular formula is C14H24N2O4. The van der Waals surface area contributed by atoms with E-state index in [0.29, 0.717) is 25.3 Å². The molecule has 20 heavy (non-hydrogen) atoms. The quantitative estimate of drug-likeness (QED) is 0.667. The van der Waals surface area contributed by atoms with Crippen molar-refractivity contribution >= 4 is 0 Å². The second-order valence-electron chi connectivity index (χ2n) is 5.13. The number of aromatic nitrogens is 1.